The second-order valence-electron chi connectivity index (χ2n) is 10.8. The zero-order valence-electron chi connectivity index (χ0n) is 20.9. The van der Waals surface area contributed by atoms with E-state index in [-0.39, 0.29) is 5.75 Å². The molecule has 7 rings (SSSR count). The number of benzene rings is 2. The third-order valence-corrected chi connectivity index (χ3v) is 8.79. The molecule has 0 amide bonds. The number of phenolic OH excluding ortho intramolecular Hbond substituents is 1. The summed E-state index contributed by atoms with van der Waals surface area (Å²) >= 11 is 6.44. The van der Waals surface area contributed by atoms with Crippen LogP contribution in [0.25, 0.3) is 10.8 Å². The summed E-state index contributed by atoms with van der Waals surface area (Å²) in [7, 11) is 0. The number of aromatic hydroxyl groups is 1. The predicted molar refractivity (Wildman–Crippen MR) is 146 cm³/mol. The molecular formula is C28H33ClN6O2. The maximum Gasteiger partial charge on any atom is 0.318 e. The van der Waals surface area contributed by atoms with Crippen molar-refractivity contribution in [2.45, 2.75) is 56.8 Å². The number of nitrogens with zero attached hydrogens (tertiary/aromatic N) is 4. The van der Waals surface area contributed by atoms with Crippen LogP contribution in [0.2, 0.25) is 5.02 Å². The molecule has 3 fully saturated rings. The lowest BCUT2D eigenvalue weighted by atomic mass is 10.0. The highest BCUT2D eigenvalue weighted by Gasteiger charge is 2.35. The molecule has 3 saturated heterocycles. The maximum absolute atomic E-state index is 10.6. The van der Waals surface area contributed by atoms with Gasteiger partial charge < -0.3 is 30.3 Å². The Balaban J connectivity index is 1.24. The molecule has 3 N–H and O–H groups in total. The second kappa shape index (κ2) is 9.49. The number of phenols is 1. The zero-order valence-corrected chi connectivity index (χ0v) is 21.7. The highest BCUT2D eigenvalue weighted by Crippen LogP contribution is 2.41. The molecule has 2 aromatic carbocycles. The Morgan fingerprint density at radius 3 is 2.65 bits per heavy atom. The van der Waals surface area contributed by atoms with Gasteiger partial charge in [-0.15, -0.1) is 0 Å². The van der Waals surface area contributed by atoms with Crippen LogP contribution in [-0.4, -0.2) is 66.0 Å². The van der Waals surface area contributed by atoms with Crippen molar-refractivity contribution in [3.8, 4) is 11.8 Å². The van der Waals surface area contributed by atoms with Crippen LogP contribution in [0, 0.1) is 0 Å². The van der Waals surface area contributed by atoms with Crippen molar-refractivity contribution < 1.29 is 9.84 Å². The van der Waals surface area contributed by atoms with Gasteiger partial charge in [0.05, 0.1) is 17.3 Å². The highest BCUT2D eigenvalue weighted by molar-refractivity contribution is 6.37. The van der Waals surface area contributed by atoms with E-state index in [1.165, 1.54) is 24.8 Å². The van der Waals surface area contributed by atoms with Crippen molar-refractivity contribution in [1.29, 1.82) is 0 Å². The Hall–Kier alpha value is -2.81. The van der Waals surface area contributed by atoms with Gasteiger partial charge >= 0.3 is 6.01 Å². The van der Waals surface area contributed by atoms with Crippen molar-refractivity contribution in [1.82, 2.24) is 20.6 Å². The fraction of sp³-hybridized carbons (Fsp3) is 0.500. The van der Waals surface area contributed by atoms with Crippen molar-refractivity contribution in [2.24, 2.45) is 0 Å². The van der Waals surface area contributed by atoms with Crippen LogP contribution in [0.1, 0.15) is 36.9 Å². The lowest BCUT2D eigenvalue weighted by Gasteiger charge is -2.37. The number of rotatable bonds is 5. The minimum Gasteiger partial charge on any atom is -0.506 e. The van der Waals surface area contributed by atoms with Crippen LogP contribution in [0.15, 0.2) is 30.3 Å². The van der Waals surface area contributed by atoms with Crippen molar-refractivity contribution in [3.05, 3.63) is 46.6 Å². The molecule has 4 aliphatic rings. The Morgan fingerprint density at radius 1 is 1.05 bits per heavy atom. The van der Waals surface area contributed by atoms with Crippen molar-refractivity contribution in [3.63, 3.8) is 0 Å². The Morgan fingerprint density at radius 2 is 1.86 bits per heavy atom. The van der Waals surface area contributed by atoms with Crippen LogP contribution < -0.4 is 25.2 Å². The molecule has 2 bridgehead atoms. The Labute approximate surface area is 222 Å². The molecule has 9 heteroatoms. The molecule has 5 heterocycles. The fourth-order valence-corrected chi connectivity index (χ4v) is 6.75. The van der Waals surface area contributed by atoms with E-state index in [0.717, 1.165) is 67.0 Å². The van der Waals surface area contributed by atoms with Gasteiger partial charge in [-0.1, -0.05) is 35.9 Å². The summed E-state index contributed by atoms with van der Waals surface area (Å²) in [6.45, 7) is 5.04. The van der Waals surface area contributed by atoms with E-state index in [2.05, 4.69) is 26.5 Å². The number of hydrogen-bond donors (Lipinski definition) is 3. The van der Waals surface area contributed by atoms with Gasteiger partial charge in [0.25, 0.3) is 0 Å². The van der Waals surface area contributed by atoms with E-state index in [1.807, 2.05) is 18.2 Å². The molecule has 0 radical (unpaired) electrons. The van der Waals surface area contributed by atoms with E-state index in [4.69, 9.17) is 26.3 Å². The summed E-state index contributed by atoms with van der Waals surface area (Å²) in [5.74, 6) is 1.15. The first-order valence-corrected chi connectivity index (χ1v) is 13.9. The van der Waals surface area contributed by atoms with Gasteiger partial charge in [-0.25, -0.2) is 0 Å². The molecule has 3 aromatic rings. The van der Waals surface area contributed by atoms with Crippen LogP contribution in [-0.2, 0) is 13.0 Å². The van der Waals surface area contributed by atoms with Gasteiger partial charge in [-0.2, -0.15) is 9.97 Å². The fourth-order valence-electron chi connectivity index (χ4n) is 6.53. The number of piperazine rings is 1. The van der Waals surface area contributed by atoms with Gasteiger partial charge in [-0.3, -0.25) is 0 Å². The van der Waals surface area contributed by atoms with Crippen LogP contribution >= 0.6 is 11.6 Å². The van der Waals surface area contributed by atoms with Gasteiger partial charge in [0, 0.05) is 65.8 Å². The van der Waals surface area contributed by atoms with Crippen molar-refractivity contribution in [2.75, 3.05) is 42.6 Å². The van der Waals surface area contributed by atoms with Gasteiger partial charge in [-0.05, 0) is 38.6 Å². The standard InChI is InChI=1S/C28H33ClN6O2/c29-26-21-6-2-1-5-20(21)24(12-25(26)36)34-11-9-22-23(15-34)32-28(37-16-19-4-3-10-30-19)33-27(22)35-13-17-7-8-18(14-35)31-17/h1-2,5-6,12,17-19,30-31,36H,3-4,7-11,13-16H2/t17-,18+,19?. The largest absolute Gasteiger partial charge is 0.506 e. The van der Waals surface area contributed by atoms with E-state index >= 15 is 0 Å². The first-order chi connectivity index (χ1) is 18.1. The Bertz CT molecular complexity index is 1320. The van der Waals surface area contributed by atoms with Crippen LogP contribution in [0.4, 0.5) is 11.5 Å². The minimum atomic E-state index is 0.105. The van der Waals surface area contributed by atoms with E-state index in [1.54, 1.807) is 6.07 Å². The molecule has 37 heavy (non-hydrogen) atoms. The summed E-state index contributed by atoms with van der Waals surface area (Å²) in [6.07, 6.45) is 5.61. The number of halogens is 1. The summed E-state index contributed by atoms with van der Waals surface area (Å²) < 4.78 is 6.20. The Kier molecular flexibility index (Phi) is 5.98. The molecule has 0 saturated carbocycles. The first kappa shape index (κ1) is 23.3. The monoisotopic (exact) mass is 520 g/mol. The normalized spacial score (nSPS) is 25.1. The number of hydrogen-bond acceptors (Lipinski definition) is 8. The summed E-state index contributed by atoms with van der Waals surface area (Å²) in [4.78, 5) is 14.7. The molecule has 194 valence electrons. The number of nitrogens with one attached hydrogen (secondary N) is 2. The average Bonchev–Trinajstić information content (AvgIpc) is 3.57. The second-order valence-corrected chi connectivity index (χ2v) is 11.2. The molecular weight excluding hydrogens is 488 g/mol. The number of anilines is 2. The third kappa shape index (κ3) is 4.35. The van der Waals surface area contributed by atoms with Gasteiger partial charge in [0.2, 0.25) is 0 Å². The summed E-state index contributed by atoms with van der Waals surface area (Å²) in [5.41, 5.74) is 3.21. The van der Waals surface area contributed by atoms with Crippen molar-refractivity contribution >= 4 is 33.9 Å². The first-order valence-electron chi connectivity index (χ1n) is 13.5. The maximum atomic E-state index is 10.6. The topological polar surface area (TPSA) is 85.8 Å². The zero-order chi connectivity index (χ0) is 24.9. The van der Waals surface area contributed by atoms with E-state index in [9.17, 15) is 5.11 Å². The molecule has 3 atom stereocenters. The molecule has 1 unspecified atom stereocenters. The average molecular weight is 521 g/mol. The SMILES string of the molecule is Oc1cc(N2CCc3c(nc(OCC4CCCN4)nc3N3C[C@H]4CC[C@@H](C3)N4)C2)c2ccccc2c1Cl. The van der Waals surface area contributed by atoms with E-state index in [0.29, 0.717) is 42.3 Å². The van der Waals surface area contributed by atoms with Gasteiger partial charge in [0.15, 0.2) is 0 Å². The number of aromatic nitrogens is 2. The molecule has 0 spiro atoms. The molecule has 1 aromatic heterocycles. The predicted octanol–water partition coefficient (Wildman–Crippen LogP) is 3.62. The molecule has 8 nitrogen and oxygen atoms in total. The number of ether oxygens (including phenoxy) is 1. The summed E-state index contributed by atoms with van der Waals surface area (Å²) in [5, 5.41) is 20.1. The minimum absolute atomic E-state index is 0.105. The van der Waals surface area contributed by atoms with Gasteiger partial charge in [0.1, 0.15) is 18.2 Å². The van der Waals surface area contributed by atoms with Crippen LogP contribution in [0.5, 0.6) is 11.8 Å². The molecule has 0 aliphatic carbocycles. The summed E-state index contributed by atoms with van der Waals surface area (Å²) in [6, 6.07) is 11.7. The quantitative estimate of drug-likeness (QED) is 0.470. The smallest absolute Gasteiger partial charge is 0.318 e. The lowest BCUT2D eigenvalue weighted by Crippen LogP contribution is -2.52. The van der Waals surface area contributed by atoms with Crippen LogP contribution in [0.3, 0.4) is 0 Å². The number of fused-ring (bicyclic) bond motifs is 4. The lowest BCUT2D eigenvalue weighted by molar-refractivity contribution is 0.255. The molecule has 4 aliphatic heterocycles. The highest BCUT2D eigenvalue weighted by atomic mass is 35.5. The third-order valence-electron chi connectivity index (χ3n) is 8.39. The van der Waals surface area contributed by atoms with E-state index < -0.39 is 0 Å².